The molecule has 1 amide bonds. The molecule has 1 aromatic heterocycles. The minimum absolute atomic E-state index is 0.231. The minimum Gasteiger partial charge on any atom is -0.493 e. The number of nitrogens with zero attached hydrogens (tertiary/aromatic N) is 1. The third-order valence-electron chi connectivity index (χ3n) is 8.55. The van der Waals surface area contributed by atoms with E-state index in [0.717, 1.165) is 16.7 Å². The Kier molecular flexibility index (Phi) is 5.83. The van der Waals surface area contributed by atoms with Crippen LogP contribution < -0.4 is 14.8 Å². The fraction of sp³-hybridized carbons (Fsp3) is 0.182. The predicted octanol–water partition coefficient (Wildman–Crippen LogP) is 5.75. The first-order chi connectivity index (χ1) is 20.0. The van der Waals surface area contributed by atoms with Crippen LogP contribution in [-0.2, 0) is 10.2 Å². The van der Waals surface area contributed by atoms with Crippen molar-refractivity contribution in [2.75, 3.05) is 19.5 Å². The number of rotatable bonds is 6. The molecule has 4 aromatic rings. The first kappa shape index (κ1) is 25.3. The highest BCUT2D eigenvalue weighted by molar-refractivity contribution is 7.12. The molecular weight excluding hydrogens is 536 g/mol. The van der Waals surface area contributed by atoms with Gasteiger partial charge in [-0.05, 0) is 58.5 Å². The maximum atomic E-state index is 14.7. The number of anilines is 1. The number of benzene rings is 3. The molecule has 8 heteroatoms. The van der Waals surface area contributed by atoms with E-state index in [-0.39, 0.29) is 17.5 Å². The zero-order valence-corrected chi connectivity index (χ0v) is 23.2. The van der Waals surface area contributed by atoms with Gasteiger partial charge < -0.3 is 19.7 Å². The quantitative estimate of drug-likeness (QED) is 0.302. The molecule has 41 heavy (non-hydrogen) atoms. The first-order valence-corrected chi connectivity index (χ1v) is 14.2. The molecule has 0 unspecified atom stereocenters. The Balaban J connectivity index is 1.51. The average molecular weight is 563 g/mol. The van der Waals surface area contributed by atoms with E-state index in [1.807, 2.05) is 77.2 Å². The molecule has 3 aliphatic rings. The third kappa shape index (κ3) is 3.47. The van der Waals surface area contributed by atoms with Gasteiger partial charge in [-0.2, -0.15) is 0 Å². The van der Waals surface area contributed by atoms with Crippen LogP contribution in [0.15, 0.2) is 90.4 Å². The van der Waals surface area contributed by atoms with Gasteiger partial charge in [0.15, 0.2) is 23.1 Å². The molecule has 204 valence electrons. The first-order valence-electron chi connectivity index (χ1n) is 13.3. The van der Waals surface area contributed by atoms with Crippen molar-refractivity contribution in [1.29, 1.82) is 0 Å². The molecule has 7 rings (SSSR count). The summed E-state index contributed by atoms with van der Waals surface area (Å²) < 4.78 is 10.9. The molecular formula is C33H26N2O5S. The maximum Gasteiger partial charge on any atom is 0.238 e. The van der Waals surface area contributed by atoms with E-state index in [9.17, 15) is 14.4 Å². The molecule has 3 aromatic carbocycles. The number of para-hydroxylation sites is 1. The highest BCUT2D eigenvalue weighted by Gasteiger charge is 2.70. The van der Waals surface area contributed by atoms with E-state index < -0.39 is 23.4 Å². The van der Waals surface area contributed by atoms with Gasteiger partial charge in [0, 0.05) is 17.5 Å². The van der Waals surface area contributed by atoms with Gasteiger partial charge in [-0.3, -0.25) is 14.4 Å². The third-order valence-corrected chi connectivity index (χ3v) is 9.44. The molecule has 3 aliphatic heterocycles. The Morgan fingerprint density at radius 3 is 2.46 bits per heavy atom. The van der Waals surface area contributed by atoms with E-state index in [1.54, 1.807) is 24.3 Å². The van der Waals surface area contributed by atoms with Crippen molar-refractivity contribution in [3.05, 3.63) is 118 Å². The summed E-state index contributed by atoms with van der Waals surface area (Å²) in [4.78, 5) is 46.2. The molecule has 1 spiro atoms. The van der Waals surface area contributed by atoms with Crippen LogP contribution in [0.5, 0.6) is 11.5 Å². The minimum atomic E-state index is -1.35. The lowest BCUT2D eigenvalue weighted by Crippen LogP contribution is -2.49. The largest absolute Gasteiger partial charge is 0.493 e. The Bertz CT molecular complexity index is 1750. The monoisotopic (exact) mass is 562 g/mol. The molecule has 4 atom stereocenters. The van der Waals surface area contributed by atoms with Gasteiger partial charge in [0.2, 0.25) is 5.91 Å². The van der Waals surface area contributed by atoms with E-state index in [4.69, 9.17) is 9.47 Å². The van der Waals surface area contributed by atoms with Gasteiger partial charge in [0.25, 0.3) is 0 Å². The number of ketones is 2. The van der Waals surface area contributed by atoms with Crippen molar-refractivity contribution in [3.8, 4) is 11.5 Å². The average Bonchev–Trinajstić information content (AvgIpc) is 3.73. The number of ether oxygens (including phenoxy) is 2. The summed E-state index contributed by atoms with van der Waals surface area (Å²) in [6.07, 6.45) is 3.82. The highest BCUT2D eigenvalue weighted by Crippen LogP contribution is 2.62. The number of hydrogen-bond acceptors (Lipinski definition) is 7. The number of fused-ring (bicyclic) bond motifs is 6. The van der Waals surface area contributed by atoms with Crippen LogP contribution in [0.2, 0.25) is 0 Å². The van der Waals surface area contributed by atoms with Crippen LogP contribution in [0, 0.1) is 5.92 Å². The summed E-state index contributed by atoms with van der Waals surface area (Å²) in [7, 11) is 3.05. The molecule has 0 saturated carbocycles. The second-order valence-electron chi connectivity index (χ2n) is 10.4. The number of thiophene rings is 1. The van der Waals surface area contributed by atoms with Crippen molar-refractivity contribution in [3.63, 3.8) is 0 Å². The number of amides is 1. The van der Waals surface area contributed by atoms with Crippen LogP contribution in [-0.4, -0.2) is 42.6 Å². The lowest BCUT2D eigenvalue weighted by molar-refractivity contribution is -0.122. The van der Waals surface area contributed by atoms with Crippen LogP contribution >= 0.6 is 11.3 Å². The van der Waals surface area contributed by atoms with Crippen molar-refractivity contribution >= 4 is 40.6 Å². The Morgan fingerprint density at radius 2 is 1.68 bits per heavy atom. The second-order valence-corrected chi connectivity index (χ2v) is 11.3. The van der Waals surface area contributed by atoms with Gasteiger partial charge in [-0.15, -0.1) is 11.3 Å². The number of methoxy groups -OCH3 is 2. The molecule has 4 heterocycles. The Morgan fingerprint density at radius 1 is 0.902 bits per heavy atom. The van der Waals surface area contributed by atoms with E-state index in [1.165, 1.54) is 25.6 Å². The normalized spacial score (nSPS) is 23.5. The number of carbonyl (C=O) groups is 3. The fourth-order valence-corrected chi connectivity index (χ4v) is 7.60. The molecule has 0 radical (unpaired) electrons. The van der Waals surface area contributed by atoms with Crippen molar-refractivity contribution in [2.45, 2.75) is 17.5 Å². The van der Waals surface area contributed by atoms with Gasteiger partial charge >= 0.3 is 0 Å². The summed E-state index contributed by atoms with van der Waals surface area (Å²) in [5.74, 6) is -0.892. The molecule has 0 aliphatic carbocycles. The zero-order chi connectivity index (χ0) is 28.3. The van der Waals surface area contributed by atoms with E-state index in [0.29, 0.717) is 27.6 Å². The van der Waals surface area contributed by atoms with Gasteiger partial charge in [-0.1, -0.05) is 48.5 Å². The molecule has 1 N–H and O–H groups in total. The predicted molar refractivity (Wildman–Crippen MR) is 157 cm³/mol. The maximum absolute atomic E-state index is 14.7. The van der Waals surface area contributed by atoms with E-state index >= 15 is 0 Å². The Hall–Kier alpha value is -4.69. The summed E-state index contributed by atoms with van der Waals surface area (Å²) >= 11 is 1.32. The summed E-state index contributed by atoms with van der Waals surface area (Å²) in [5, 5.41) is 4.91. The number of hydrogen-bond donors (Lipinski definition) is 1. The van der Waals surface area contributed by atoms with Crippen LogP contribution in [0.3, 0.4) is 0 Å². The van der Waals surface area contributed by atoms with Gasteiger partial charge in [-0.25, -0.2) is 0 Å². The summed E-state index contributed by atoms with van der Waals surface area (Å²) in [5.41, 5.74) is 2.25. The second kappa shape index (κ2) is 9.45. The van der Waals surface area contributed by atoms with Crippen molar-refractivity contribution in [2.24, 2.45) is 5.92 Å². The summed E-state index contributed by atoms with van der Waals surface area (Å²) in [6, 6.07) is 22.4. The topological polar surface area (TPSA) is 84.9 Å². The number of Topliss-reactive ketones (excluding diaryl/α,β-unsaturated/α-hetero) is 2. The Labute approximate surface area is 241 Å². The standard InChI is InChI=1S/C33H26N2O5S/c1-39-24-14-13-20(18-25(24)40-2)29(36)28-27(30(37)26-12-7-17-41-26)33(22-10-5-6-11-23(22)34-32(33)38)31-21-9-4-3-8-19(21)15-16-35(28)31/h3-18,27-28,31H,1-2H3,(H,34,38)/t27-,28-,31+,33+/m0/s1. The fourth-order valence-electron chi connectivity index (χ4n) is 6.90. The highest BCUT2D eigenvalue weighted by atomic mass is 32.1. The van der Waals surface area contributed by atoms with Crippen molar-refractivity contribution in [1.82, 2.24) is 4.90 Å². The molecule has 1 fully saturated rings. The van der Waals surface area contributed by atoms with Gasteiger partial charge in [0.1, 0.15) is 11.5 Å². The van der Waals surface area contributed by atoms with Gasteiger partial charge in [0.05, 0.1) is 31.1 Å². The zero-order valence-electron chi connectivity index (χ0n) is 22.4. The van der Waals surface area contributed by atoms with Crippen LogP contribution in [0.4, 0.5) is 5.69 Å². The summed E-state index contributed by atoms with van der Waals surface area (Å²) in [6.45, 7) is 0. The molecule has 7 nitrogen and oxygen atoms in total. The van der Waals surface area contributed by atoms with E-state index in [2.05, 4.69) is 5.32 Å². The van der Waals surface area contributed by atoms with Crippen LogP contribution in [0.1, 0.15) is 42.8 Å². The number of nitrogens with one attached hydrogen (secondary N) is 1. The van der Waals surface area contributed by atoms with Crippen LogP contribution in [0.25, 0.3) is 6.08 Å². The molecule has 0 bridgehead atoms. The molecule has 1 saturated heterocycles. The number of carbonyl (C=O) groups excluding carboxylic acids is 3. The smallest absolute Gasteiger partial charge is 0.238 e. The lowest BCUT2D eigenvalue weighted by Gasteiger charge is -2.38. The lowest BCUT2D eigenvalue weighted by atomic mass is 9.63. The SMILES string of the molecule is COc1ccc(C(=O)[C@@H]2[C@@H](C(=O)c3cccs3)[C@@]3(C(=O)Nc4ccccc43)[C@H]3c4ccccc4C=CN23)cc1OC. The van der Waals surface area contributed by atoms with Crippen molar-refractivity contribution < 1.29 is 23.9 Å².